The minimum Gasteiger partial charge on any atom is -0.493 e. The number of carbonyl (C=O) groups is 2. The molecule has 5 nitrogen and oxygen atoms in total. The van der Waals surface area contributed by atoms with Gasteiger partial charge in [-0.1, -0.05) is 30.3 Å². The molecule has 2 aromatic carbocycles. The Morgan fingerprint density at radius 2 is 1.72 bits per heavy atom. The average Bonchev–Trinajstić information content (AvgIpc) is 2.59. The van der Waals surface area contributed by atoms with E-state index in [2.05, 4.69) is 10.1 Å². The van der Waals surface area contributed by atoms with Crippen LogP contribution >= 0.6 is 0 Å². The summed E-state index contributed by atoms with van der Waals surface area (Å²) in [5.74, 6) is -1.20. The molecule has 0 unspecified atom stereocenters. The summed E-state index contributed by atoms with van der Waals surface area (Å²) in [6, 6.07) is 11.1. The van der Waals surface area contributed by atoms with E-state index in [-0.39, 0.29) is 22.6 Å². The van der Waals surface area contributed by atoms with Crippen molar-refractivity contribution in [3.8, 4) is 11.5 Å². The molecule has 25 heavy (non-hydrogen) atoms. The fourth-order valence-corrected chi connectivity index (χ4v) is 2.60. The number of alkyl halides is 2. The molecule has 1 N–H and O–H groups in total. The highest BCUT2D eigenvalue weighted by molar-refractivity contribution is 6.34. The predicted octanol–water partition coefficient (Wildman–Crippen LogP) is 3.11. The molecular formula is C18H13F2NO4. The van der Waals surface area contributed by atoms with E-state index in [1.54, 1.807) is 30.3 Å². The molecule has 0 radical (unpaired) electrons. The smallest absolute Gasteiger partial charge is 0.387 e. The number of amides is 2. The van der Waals surface area contributed by atoms with Gasteiger partial charge < -0.3 is 9.47 Å². The Hall–Kier alpha value is -3.22. The fourth-order valence-electron chi connectivity index (χ4n) is 2.60. The van der Waals surface area contributed by atoms with E-state index < -0.39 is 18.4 Å². The molecule has 0 saturated carbocycles. The molecule has 3 rings (SSSR count). The second kappa shape index (κ2) is 6.72. The molecular weight excluding hydrogens is 332 g/mol. The molecule has 7 heteroatoms. The van der Waals surface area contributed by atoms with Crippen LogP contribution in [0.25, 0.3) is 11.6 Å². The number of halogens is 2. The molecule has 0 aliphatic carbocycles. The van der Waals surface area contributed by atoms with Crippen LogP contribution in [0.3, 0.4) is 0 Å². The van der Waals surface area contributed by atoms with Gasteiger partial charge in [0.1, 0.15) is 0 Å². The van der Waals surface area contributed by atoms with Gasteiger partial charge in [-0.15, -0.1) is 0 Å². The highest BCUT2D eigenvalue weighted by atomic mass is 19.3. The number of hydrogen-bond donors (Lipinski definition) is 1. The Bertz CT molecular complexity index is 877. The zero-order valence-electron chi connectivity index (χ0n) is 13.1. The molecule has 2 aromatic rings. The maximum atomic E-state index is 12.7. The molecule has 0 fully saturated rings. The van der Waals surface area contributed by atoms with Crippen LogP contribution in [-0.2, 0) is 4.79 Å². The van der Waals surface area contributed by atoms with Gasteiger partial charge in [-0.2, -0.15) is 8.78 Å². The van der Waals surface area contributed by atoms with Crippen LogP contribution in [0, 0.1) is 0 Å². The minimum absolute atomic E-state index is 0.107. The fraction of sp³-hybridized carbons (Fsp3) is 0.111. The van der Waals surface area contributed by atoms with Crippen molar-refractivity contribution < 1.29 is 27.8 Å². The summed E-state index contributed by atoms with van der Waals surface area (Å²) < 4.78 is 35.1. The molecule has 1 aliphatic rings. The van der Waals surface area contributed by atoms with Crippen LogP contribution in [0.4, 0.5) is 8.78 Å². The van der Waals surface area contributed by atoms with Gasteiger partial charge in [0.15, 0.2) is 11.5 Å². The third-order valence-corrected chi connectivity index (χ3v) is 3.67. The highest BCUT2D eigenvalue weighted by Crippen LogP contribution is 2.36. The van der Waals surface area contributed by atoms with Gasteiger partial charge in [-0.3, -0.25) is 14.9 Å². The van der Waals surface area contributed by atoms with Gasteiger partial charge in [0.2, 0.25) is 0 Å². The minimum atomic E-state index is -3.05. The number of hydrogen-bond acceptors (Lipinski definition) is 4. The number of para-hydroxylation sites is 1. The van der Waals surface area contributed by atoms with Crippen molar-refractivity contribution in [1.29, 1.82) is 0 Å². The molecule has 2 amide bonds. The van der Waals surface area contributed by atoms with E-state index in [4.69, 9.17) is 4.74 Å². The highest BCUT2D eigenvalue weighted by Gasteiger charge is 2.27. The molecule has 0 aromatic heterocycles. The normalized spacial score (nSPS) is 15.1. The first-order chi connectivity index (χ1) is 12.0. The van der Waals surface area contributed by atoms with E-state index in [0.29, 0.717) is 11.1 Å². The van der Waals surface area contributed by atoms with Crippen molar-refractivity contribution in [3.05, 3.63) is 59.2 Å². The van der Waals surface area contributed by atoms with E-state index in [1.807, 2.05) is 0 Å². The van der Waals surface area contributed by atoms with Crippen molar-refractivity contribution in [3.63, 3.8) is 0 Å². The second-order valence-corrected chi connectivity index (χ2v) is 5.14. The van der Waals surface area contributed by atoms with E-state index >= 15 is 0 Å². The number of nitrogens with one attached hydrogen (secondary N) is 1. The quantitative estimate of drug-likeness (QED) is 0.683. The Morgan fingerprint density at radius 1 is 1.00 bits per heavy atom. The monoisotopic (exact) mass is 345 g/mol. The van der Waals surface area contributed by atoms with Gasteiger partial charge in [-0.25, -0.2) is 0 Å². The second-order valence-electron chi connectivity index (χ2n) is 5.14. The van der Waals surface area contributed by atoms with Crippen LogP contribution in [0.15, 0.2) is 42.5 Å². The first-order valence-electron chi connectivity index (χ1n) is 7.30. The lowest BCUT2D eigenvalue weighted by atomic mass is 9.93. The summed E-state index contributed by atoms with van der Waals surface area (Å²) in [6.07, 6.45) is 1.39. The Morgan fingerprint density at radius 3 is 2.40 bits per heavy atom. The lowest BCUT2D eigenvalue weighted by molar-refractivity contribution is -0.114. The van der Waals surface area contributed by atoms with Crippen LogP contribution in [0.1, 0.15) is 21.5 Å². The maximum Gasteiger partial charge on any atom is 0.387 e. The number of ether oxygens (including phenoxy) is 2. The number of benzene rings is 2. The van der Waals surface area contributed by atoms with Gasteiger partial charge in [0, 0.05) is 16.7 Å². The van der Waals surface area contributed by atoms with Crippen LogP contribution < -0.4 is 14.8 Å². The summed E-state index contributed by atoms with van der Waals surface area (Å²) in [7, 11) is 1.33. The summed E-state index contributed by atoms with van der Waals surface area (Å²) in [6.45, 7) is -3.05. The Kier molecular flexibility index (Phi) is 4.47. The van der Waals surface area contributed by atoms with Crippen LogP contribution in [0.2, 0.25) is 0 Å². The predicted molar refractivity (Wildman–Crippen MR) is 86.4 cm³/mol. The van der Waals surface area contributed by atoms with Crippen molar-refractivity contribution >= 4 is 23.5 Å². The molecule has 0 atom stereocenters. The molecule has 0 saturated heterocycles. The van der Waals surface area contributed by atoms with Crippen molar-refractivity contribution in [2.45, 2.75) is 6.61 Å². The summed E-state index contributed by atoms with van der Waals surface area (Å²) >= 11 is 0. The number of imide groups is 1. The van der Waals surface area contributed by atoms with Gasteiger partial charge in [-0.05, 0) is 23.8 Å². The molecule has 128 valence electrons. The number of carbonyl (C=O) groups excluding carboxylic acids is 2. The Balaban J connectivity index is 2.17. The zero-order valence-corrected chi connectivity index (χ0v) is 13.1. The summed E-state index contributed by atoms with van der Waals surface area (Å²) in [5.41, 5.74) is 1.14. The number of methoxy groups -OCH3 is 1. The van der Waals surface area contributed by atoms with Crippen molar-refractivity contribution in [2.75, 3.05) is 7.11 Å². The van der Waals surface area contributed by atoms with E-state index in [0.717, 1.165) is 0 Å². The first kappa shape index (κ1) is 16.6. The topological polar surface area (TPSA) is 64.6 Å². The third kappa shape index (κ3) is 3.21. The van der Waals surface area contributed by atoms with Crippen molar-refractivity contribution in [1.82, 2.24) is 5.32 Å². The van der Waals surface area contributed by atoms with Gasteiger partial charge >= 0.3 is 6.61 Å². The largest absolute Gasteiger partial charge is 0.493 e. The van der Waals surface area contributed by atoms with Gasteiger partial charge in [0.25, 0.3) is 11.8 Å². The van der Waals surface area contributed by atoms with Crippen LogP contribution in [0.5, 0.6) is 11.5 Å². The lowest BCUT2D eigenvalue weighted by Gasteiger charge is -2.19. The Labute approximate surface area is 141 Å². The molecule has 1 heterocycles. The van der Waals surface area contributed by atoms with Gasteiger partial charge in [0.05, 0.1) is 7.11 Å². The zero-order chi connectivity index (χ0) is 18.0. The first-order valence-corrected chi connectivity index (χ1v) is 7.30. The standard InChI is InChI=1S/C18H13F2NO4/c1-24-14-8-4-5-10(15(14)25-18(19)20)9-13-11-6-2-3-7-12(11)16(22)21-17(13)23/h2-9,18H,1H3,(H,21,22,23)/b13-9+. The van der Waals surface area contributed by atoms with Crippen LogP contribution in [-0.4, -0.2) is 25.5 Å². The van der Waals surface area contributed by atoms with Crippen molar-refractivity contribution in [2.24, 2.45) is 0 Å². The van der Waals surface area contributed by atoms with E-state index in [1.165, 1.54) is 25.3 Å². The molecule has 0 spiro atoms. The molecule has 1 aliphatic heterocycles. The number of rotatable bonds is 4. The third-order valence-electron chi connectivity index (χ3n) is 3.67. The number of fused-ring (bicyclic) bond motifs is 1. The lowest BCUT2D eigenvalue weighted by Crippen LogP contribution is -2.36. The maximum absolute atomic E-state index is 12.7. The average molecular weight is 345 g/mol. The summed E-state index contributed by atoms with van der Waals surface area (Å²) in [5, 5.41) is 2.23. The SMILES string of the molecule is COc1cccc(/C=C2/C(=O)NC(=O)c3ccccc32)c1OC(F)F. The molecule has 0 bridgehead atoms. The van der Waals surface area contributed by atoms with E-state index in [9.17, 15) is 18.4 Å². The summed E-state index contributed by atoms with van der Waals surface area (Å²) in [4.78, 5) is 24.1.